The van der Waals surface area contributed by atoms with Crippen molar-refractivity contribution in [2.75, 3.05) is 19.7 Å². The summed E-state index contributed by atoms with van der Waals surface area (Å²) >= 11 is 5.61. The molecule has 0 saturated carbocycles. The molecule has 0 aromatic heterocycles. The maximum absolute atomic E-state index is 8.69. The second kappa shape index (κ2) is 6.41. The van der Waals surface area contributed by atoms with Crippen LogP contribution < -0.4 is 5.32 Å². The Morgan fingerprint density at radius 3 is 2.62 bits per heavy atom. The van der Waals surface area contributed by atoms with Gasteiger partial charge in [-0.05, 0) is 18.3 Å². The van der Waals surface area contributed by atoms with Crippen LogP contribution in [-0.2, 0) is 0 Å². The van der Waals surface area contributed by atoms with Gasteiger partial charge in [0, 0.05) is 24.7 Å². The third-order valence-electron chi connectivity index (χ3n) is 1.93. The highest BCUT2D eigenvalue weighted by atomic mass is 35.5. The van der Waals surface area contributed by atoms with Crippen molar-refractivity contribution in [3.05, 3.63) is 11.6 Å². The summed E-state index contributed by atoms with van der Waals surface area (Å²) in [5.41, 5.74) is 0.217. The Bertz CT molecular complexity index is 157. The van der Waals surface area contributed by atoms with Crippen molar-refractivity contribution in [2.45, 2.75) is 26.7 Å². The van der Waals surface area contributed by atoms with E-state index in [1.807, 2.05) is 0 Å². The Kier molecular flexibility index (Phi) is 6.39. The number of aliphatic hydroxyl groups excluding tert-OH is 1. The van der Waals surface area contributed by atoms with E-state index in [0.29, 0.717) is 11.6 Å². The summed E-state index contributed by atoms with van der Waals surface area (Å²) in [6, 6.07) is 0. The number of hydrogen-bond donors (Lipinski definition) is 2. The zero-order chi connectivity index (χ0) is 10.3. The van der Waals surface area contributed by atoms with Gasteiger partial charge in [0.1, 0.15) is 0 Å². The van der Waals surface area contributed by atoms with Crippen molar-refractivity contribution < 1.29 is 5.11 Å². The van der Waals surface area contributed by atoms with E-state index < -0.39 is 0 Å². The zero-order valence-corrected chi connectivity index (χ0v) is 9.32. The van der Waals surface area contributed by atoms with Crippen LogP contribution in [0.15, 0.2) is 11.6 Å². The molecular formula is C10H20ClNO. The highest BCUT2D eigenvalue weighted by molar-refractivity contribution is 6.29. The van der Waals surface area contributed by atoms with Gasteiger partial charge in [-0.25, -0.2) is 0 Å². The average molecular weight is 206 g/mol. The molecule has 0 saturated heterocycles. The summed E-state index contributed by atoms with van der Waals surface area (Å²) < 4.78 is 0. The first kappa shape index (κ1) is 12.9. The lowest BCUT2D eigenvalue weighted by atomic mass is 9.88. The van der Waals surface area contributed by atoms with E-state index in [1.165, 1.54) is 0 Å². The number of rotatable bonds is 7. The van der Waals surface area contributed by atoms with Gasteiger partial charge in [0.15, 0.2) is 0 Å². The van der Waals surface area contributed by atoms with Gasteiger partial charge < -0.3 is 10.4 Å². The summed E-state index contributed by atoms with van der Waals surface area (Å²) in [6.45, 7) is 9.77. The van der Waals surface area contributed by atoms with Crippen LogP contribution in [0.4, 0.5) is 0 Å². The SMILES string of the molecule is C=C(Cl)CNCC(C)(C)CCCO. The molecule has 0 aromatic carbocycles. The van der Waals surface area contributed by atoms with E-state index in [-0.39, 0.29) is 12.0 Å². The van der Waals surface area contributed by atoms with Crippen LogP contribution in [0.5, 0.6) is 0 Å². The van der Waals surface area contributed by atoms with E-state index in [2.05, 4.69) is 25.7 Å². The van der Waals surface area contributed by atoms with Crippen molar-refractivity contribution in [2.24, 2.45) is 5.41 Å². The lowest BCUT2D eigenvalue weighted by Gasteiger charge is -2.24. The molecule has 0 aliphatic heterocycles. The van der Waals surface area contributed by atoms with Crippen molar-refractivity contribution in [3.63, 3.8) is 0 Å². The lowest BCUT2D eigenvalue weighted by molar-refractivity contribution is 0.238. The molecule has 0 rings (SSSR count). The Labute approximate surface area is 86.0 Å². The Morgan fingerprint density at radius 2 is 2.15 bits per heavy atom. The van der Waals surface area contributed by atoms with Gasteiger partial charge in [-0.2, -0.15) is 0 Å². The topological polar surface area (TPSA) is 32.3 Å². The smallest absolute Gasteiger partial charge is 0.0431 e. The Morgan fingerprint density at radius 1 is 1.54 bits per heavy atom. The summed E-state index contributed by atoms with van der Waals surface area (Å²) in [5, 5.41) is 12.5. The largest absolute Gasteiger partial charge is 0.396 e. The second-order valence-corrected chi connectivity index (χ2v) is 4.65. The standard InChI is InChI=1S/C10H20ClNO/c1-9(11)7-12-8-10(2,3)5-4-6-13/h12-13H,1,4-8H2,2-3H3. The van der Waals surface area contributed by atoms with Gasteiger partial charge in [-0.15, -0.1) is 0 Å². The van der Waals surface area contributed by atoms with Gasteiger partial charge >= 0.3 is 0 Å². The molecule has 2 nitrogen and oxygen atoms in total. The fourth-order valence-electron chi connectivity index (χ4n) is 1.18. The molecule has 0 bridgehead atoms. The molecule has 0 aliphatic rings. The van der Waals surface area contributed by atoms with Crippen molar-refractivity contribution in [1.82, 2.24) is 5.32 Å². The molecule has 13 heavy (non-hydrogen) atoms. The highest BCUT2D eigenvalue weighted by Gasteiger charge is 2.16. The van der Waals surface area contributed by atoms with Crippen LogP contribution >= 0.6 is 11.6 Å². The third kappa shape index (κ3) is 8.28. The monoisotopic (exact) mass is 205 g/mol. The summed E-state index contributed by atoms with van der Waals surface area (Å²) in [4.78, 5) is 0. The minimum atomic E-state index is 0.217. The molecule has 78 valence electrons. The maximum atomic E-state index is 8.69. The molecule has 0 spiro atoms. The predicted octanol–water partition coefficient (Wildman–Crippen LogP) is 2.13. The first-order valence-electron chi connectivity index (χ1n) is 4.63. The third-order valence-corrected chi connectivity index (χ3v) is 2.07. The molecular weight excluding hydrogens is 186 g/mol. The summed E-state index contributed by atoms with van der Waals surface area (Å²) in [5.74, 6) is 0. The van der Waals surface area contributed by atoms with Crippen LogP contribution in [-0.4, -0.2) is 24.8 Å². The number of hydrogen-bond acceptors (Lipinski definition) is 2. The van der Waals surface area contributed by atoms with Crippen LogP contribution in [0.2, 0.25) is 0 Å². The molecule has 0 atom stereocenters. The summed E-state index contributed by atoms with van der Waals surface area (Å²) in [7, 11) is 0. The quantitative estimate of drug-likeness (QED) is 0.668. The fourth-order valence-corrected chi connectivity index (χ4v) is 1.28. The maximum Gasteiger partial charge on any atom is 0.0431 e. The van der Waals surface area contributed by atoms with E-state index in [0.717, 1.165) is 19.4 Å². The first-order valence-corrected chi connectivity index (χ1v) is 5.00. The van der Waals surface area contributed by atoms with Gasteiger partial charge in [-0.3, -0.25) is 0 Å². The fraction of sp³-hybridized carbons (Fsp3) is 0.800. The zero-order valence-electron chi connectivity index (χ0n) is 8.57. The first-order chi connectivity index (χ1) is 5.98. The van der Waals surface area contributed by atoms with E-state index in [4.69, 9.17) is 16.7 Å². The molecule has 0 amide bonds. The molecule has 0 aliphatic carbocycles. The van der Waals surface area contributed by atoms with Crippen LogP contribution in [0.3, 0.4) is 0 Å². The van der Waals surface area contributed by atoms with Crippen molar-refractivity contribution in [1.29, 1.82) is 0 Å². The molecule has 0 radical (unpaired) electrons. The molecule has 0 unspecified atom stereocenters. The van der Waals surface area contributed by atoms with E-state index >= 15 is 0 Å². The predicted molar refractivity (Wildman–Crippen MR) is 58.0 cm³/mol. The Hall–Kier alpha value is -0.0500. The molecule has 2 N–H and O–H groups in total. The van der Waals surface area contributed by atoms with E-state index in [1.54, 1.807) is 0 Å². The van der Waals surface area contributed by atoms with Crippen molar-refractivity contribution >= 4 is 11.6 Å². The number of halogens is 1. The lowest BCUT2D eigenvalue weighted by Crippen LogP contribution is -2.30. The number of aliphatic hydroxyl groups is 1. The summed E-state index contributed by atoms with van der Waals surface area (Å²) in [6.07, 6.45) is 1.88. The minimum Gasteiger partial charge on any atom is -0.396 e. The normalized spacial score (nSPS) is 11.7. The molecule has 0 aromatic rings. The molecule has 3 heteroatoms. The minimum absolute atomic E-state index is 0.217. The average Bonchev–Trinajstić information content (AvgIpc) is 2.00. The highest BCUT2D eigenvalue weighted by Crippen LogP contribution is 2.20. The van der Waals surface area contributed by atoms with Crippen LogP contribution in [0.1, 0.15) is 26.7 Å². The Balaban J connectivity index is 3.56. The molecule has 0 fully saturated rings. The van der Waals surface area contributed by atoms with Gasteiger partial charge in [-0.1, -0.05) is 32.0 Å². The van der Waals surface area contributed by atoms with Crippen LogP contribution in [0, 0.1) is 5.41 Å². The van der Waals surface area contributed by atoms with Gasteiger partial charge in [0.05, 0.1) is 0 Å². The van der Waals surface area contributed by atoms with Gasteiger partial charge in [0.2, 0.25) is 0 Å². The van der Waals surface area contributed by atoms with Crippen LogP contribution in [0.25, 0.3) is 0 Å². The molecule has 0 heterocycles. The van der Waals surface area contributed by atoms with Gasteiger partial charge in [0.25, 0.3) is 0 Å². The second-order valence-electron chi connectivity index (χ2n) is 4.11. The van der Waals surface area contributed by atoms with Crippen molar-refractivity contribution in [3.8, 4) is 0 Å². The number of nitrogens with one attached hydrogen (secondary N) is 1. The van der Waals surface area contributed by atoms with E-state index in [9.17, 15) is 0 Å².